The van der Waals surface area contributed by atoms with Crippen LogP contribution in [0.3, 0.4) is 0 Å². The minimum absolute atomic E-state index is 0.0984. The Balaban J connectivity index is 2.20. The van der Waals surface area contributed by atoms with Gasteiger partial charge >= 0.3 is 6.18 Å². The largest absolute Gasteiger partial charge is 0.416 e. The van der Waals surface area contributed by atoms with Crippen molar-refractivity contribution in [3.8, 4) is 0 Å². The third-order valence-corrected chi connectivity index (χ3v) is 4.18. The molecule has 2 aliphatic rings. The standard InChI is InChI=1S/C12H11ClF3NO/c13-7-2-1-6(12(14,15)16)8-9(7)17-5-11(3-4-11)10(8)18/h1-2,10,17-18H,3-5H2. The number of hydrogen-bond donors (Lipinski definition) is 2. The molecular formula is C12H11ClF3NO. The fraction of sp³-hybridized carbons (Fsp3) is 0.500. The van der Waals surface area contributed by atoms with Gasteiger partial charge in [0.25, 0.3) is 0 Å². The second-order valence-electron chi connectivity index (χ2n) is 5.00. The minimum atomic E-state index is -4.48. The van der Waals surface area contributed by atoms with Gasteiger partial charge in [-0.15, -0.1) is 0 Å². The molecule has 1 unspecified atom stereocenters. The molecule has 0 bridgehead atoms. The lowest BCUT2D eigenvalue weighted by Gasteiger charge is -2.34. The van der Waals surface area contributed by atoms with Crippen LogP contribution in [0.1, 0.15) is 30.1 Å². The molecule has 0 radical (unpaired) electrons. The van der Waals surface area contributed by atoms with Crippen LogP contribution in [-0.2, 0) is 6.18 Å². The number of anilines is 1. The van der Waals surface area contributed by atoms with Gasteiger partial charge in [-0.1, -0.05) is 11.6 Å². The van der Waals surface area contributed by atoms with Crippen LogP contribution in [0.15, 0.2) is 12.1 Å². The highest BCUT2D eigenvalue weighted by atomic mass is 35.5. The average Bonchev–Trinajstić information content (AvgIpc) is 3.04. The van der Waals surface area contributed by atoms with Gasteiger partial charge in [0.05, 0.1) is 22.4 Å². The fourth-order valence-corrected chi connectivity index (χ4v) is 2.81. The van der Waals surface area contributed by atoms with Gasteiger partial charge in [0.2, 0.25) is 0 Å². The molecule has 2 N–H and O–H groups in total. The van der Waals surface area contributed by atoms with Crippen molar-refractivity contribution < 1.29 is 18.3 Å². The van der Waals surface area contributed by atoms with Crippen LogP contribution < -0.4 is 5.32 Å². The average molecular weight is 278 g/mol. The third kappa shape index (κ3) is 1.61. The van der Waals surface area contributed by atoms with Crippen LogP contribution in [0.25, 0.3) is 0 Å². The van der Waals surface area contributed by atoms with E-state index in [1.54, 1.807) is 0 Å². The zero-order valence-corrected chi connectivity index (χ0v) is 10.1. The summed E-state index contributed by atoms with van der Waals surface area (Å²) < 4.78 is 38.9. The molecule has 1 aliphatic heterocycles. The van der Waals surface area contributed by atoms with Gasteiger partial charge in [-0.3, -0.25) is 0 Å². The Morgan fingerprint density at radius 3 is 2.56 bits per heavy atom. The van der Waals surface area contributed by atoms with Gasteiger partial charge in [0, 0.05) is 17.5 Å². The van der Waals surface area contributed by atoms with E-state index in [1.165, 1.54) is 6.07 Å². The zero-order valence-electron chi connectivity index (χ0n) is 9.31. The molecule has 1 aromatic carbocycles. The number of aliphatic hydroxyl groups is 1. The van der Waals surface area contributed by atoms with Gasteiger partial charge in [-0.25, -0.2) is 0 Å². The molecule has 1 saturated carbocycles. The Kier molecular flexibility index (Phi) is 2.38. The Labute approximate surface area is 107 Å². The lowest BCUT2D eigenvalue weighted by molar-refractivity contribution is -0.139. The molecule has 1 aromatic rings. The van der Waals surface area contributed by atoms with Crippen LogP contribution in [0.2, 0.25) is 5.02 Å². The Morgan fingerprint density at radius 1 is 1.33 bits per heavy atom. The second kappa shape index (κ2) is 3.54. The maximum Gasteiger partial charge on any atom is 0.416 e. The molecule has 1 aliphatic carbocycles. The molecule has 18 heavy (non-hydrogen) atoms. The summed E-state index contributed by atoms with van der Waals surface area (Å²) in [5.74, 6) is 0. The molecule has 98 valence electrons. The second-order valence-corrected chi connectivity index (χ2v) is 5.41. The highest BCUT2D eigenvalue weighted by Gasteiger charge is 2.54. The summed E-state index contributed by atoms with van der Waals surface area (Å²) in [6.07, 6.45) is -4.09. The van der Waals surface area contributed by atoms with Crippen molar-refractivity contribution in [1.29, 1.82) is 0 Å². The van der Waals surface area contributed by atoms with Gasteiger partial charge < -0.3 is 10.4 Å². The van der Waals surface area contributed by atoms with Crippen LogP contribution in [0.4, 0.5) is 18.9 Å². The zero-order chi connectivity index (χ0) is 13.1. The fourth-order valence-electron chi connectivity index (χ4n) is 2.58. The number of benzene rings is 1. The number of hydrogen-bond acceptors (Lipinski definition) is 2. The van der Waals surface area contributed by atoms with E-state index in [4.69, 9.17) is 11.6 Å². The van der Waals surface area contributed by atoms with E-state index in [-0.39, 0.29) is 16.3 Å². The van der Waals surface area contributed by atoms with Crippen molar-refractivity contribution >= 4 is 17.3 Å². The molecule has 6 heteroatoms. The predicted octanol–water partition coefficient (Wildman–Crippen LogP) is 3.60. The Morgan fingerprint density at radius 2 is 2.00 bits per heavy atom. The van der Waals surface area contributed by atoms with E-state index in [1.807, 2.05) is 0 Å². The van der Waals surface area contributed by atoms with Crippen LogP contribution in [-0.4, -0.2) is 11.7 Å². The highest BCUT2D eigenvalue weighted by molar-refractivity contribution is 6.33. The highest BCUT2D eigenvalue weighted by Crippen LogP contribution is 2.60. The molecule has 3 rings (SSSR count). The van der Waals surface area contributed by atoms with Gasteiger partial charge in [-0.05, 0) is 25.0 Å². The lowest BCUT2D eigenvalue weighted by atomic mass is 9.85. The van der Waals surface area contributed by atoms with E-state index in [0.29, 0.717) is 6.54 Å². The summed E-state index contributed by atoms with van der Waals surface area (Å²) >= 11 is 5.90. The van der Waals surface area contributed by atoms with Crippen LogP contribution in [0, 0.1) is 5.41 Å². The molecule has 1 heterocycles. The van der Waals surface area contributed by atoms with Crippen molar-refractivity contribution in [2.45, 2.75) is 25.1 Å². The van der Waals surface area contributed by atoms with Gasteiger partial charge in [0.15, 0.2) is 0 Å². The van der Waals surface area contributed by atoms with Gasteiger partial charge in [0.1, 0.15) is 0 Å². The third-order valence-electron chi connectivity index (χ3n) is 3.86. The minimum Gasteiger partial charge on any atom is -0.388 e. The predicted molar refractivity (Wildman–Crippen MR) is 61.6 cm³/mol. The van der Waals surface area contributed by atoms with Crippen molar-refractivity contribution in [3.63, 3.8) is 0 Å². The summed E-state index contributed by atoms with van der Waals surface area (Å²) in [6, 6.07) is 2.15. The number of alkyl halides is 3. The number of fused-ring (bicyclic) bond motifs is 1. The monoisotopic (exact) mass is 277 g/mol. The maximum atomic E-state index is 13.0. The smallest absolute Gasteiger partial charge is 0.388 e. The molecular weight excluding hydrogens is 267 g/mol. The van der Waals surface area contributed by atoms with Crippen molar-refractivity contribution in [3.05, 3.63) is 28.3 Å². The molecule has 1 atom stereocenters. The molecule has 0 amide bonds. The lowest BCUT2D eigenvalue weighted by Crippen LogP contribution is -2.31. The van der Waals surface area contributed by atoms with Crippen molar-refractivity contribution in [2.75, 3.05) is 11.9 Å². The van der Waals surface area contributed by atoms with E-state index in [0.717, 1.165) is 18.9 Å². The first-order valence-corrected chi connectivity index (χ1v) is 6.04. The maximum absolute atomic E-state index is 13.0. The summed E-state index contributed by atoms with van der Waals surface area (Å²) in [5.41, 5.74) is -1.11. The number of nitrogens with one attached hydrogen (secondary N) is 1. The Bertz CT molecular complexity index is 511. The summed E-state index contributed by atoms with van der Waals surface area (Å²) in [5, 5.41) is 13.4. The number of aliphatic hydroxyl groups excluding tert-OH is 1. The SMILES string of the molecule is OC1c2c(C(F)(F)F)ccc(Cl)c2NCC12CC2. The molecule has 1 spiro atoms. The molecule has 0 saturated heterocycles. The molecule has 0 aromatic heterocycles. The molecule has 1 fully saturated rings. The summed E-state index contributed by atoms with van der Waals surface area (Å²) in [7, 11) is 0. The van der Waals surface area contributed by atoms with Crippen molar-refractivity contribution in [2.24, 2.45) is 5.41 Å². The first-order chi connectivity index (χ1) is 8.35. The van der Waals surface area contributed by atoms with E-state index in [9.17, 15) is 18.3 Å². The summed E-state index contributed by atoms with van der Waals surface area (Å²) in [4.78, 5) is 0. The quantitative estimate of drug-likeness (QED) is 0.759. The summed E-state index contributed by atoms with van der Waals surface area (Å²) in [6.45, 7) is 0.474. The molecule has 2 nitrogen and oxygen atoms in total. The first kappa shape index (κ1) is 12.1. The normalized spacial score (nSPS) is 24.6. The van der Waals surface area contributed by atoms with Gasteiger partial charge in [-0.2, -0.15) is 13.2 Å². The number of halogens is 4. The van der Waals surface area contributed by atoms with E-state index < -0.39 is 23.3 Å². The topological polar surface area (TPSA) is 32.3 Å². The Hall–Kier alpha value is -0.940. The number of rotatable bonds is 0. The van der Waals surface area contributed by atoms with Crippen molar-refractivity contribution in [1.82, 2.24) is 0 Å². The first-order valence-electron chi connectivity index (χ1n) is 5.67. The van der Waals surface area contributed by atoms with E-state index in [2.05, 4.69) is 5.32 Å². The van der Waals surface area contributed by atoms with E-state index >= 15 is 0 Å². The van der Waals surface area contributed by atoms with Crippen LogP contribution >= 0.6 is 11.6 Å². The van der Waals surface area contributed by atoms with Crippen LogP contribution in [0.5, 0.6) is 0 Å².